The van der Waals surface area contributed by atoms with Gasteiger partial charge in [-0.1, -0.05) is 54.1 Å². The molecule has 2 aromatic heterocycles. The SMILES string of the molecule is CNc1cncc(COc2cc(OCc3cccc(-c4cccc(-c5ccc6oc(CNC[C@@H](O)CC(=O)O)cc6c5)c4C)c3C)c(Cl)cc2CNC[C@@H](O)CC(=O)O)c1. The number of nitrogens with zero attached hydrogens (tertiary/aromatic N) is 1. The van der Waals surface area contributed by atoms with Gasteiger partial charge in [0.25, 0.3) is 0 Å². The average Bonchev–Trinajstić information content (AvgIpc) is 3.62. The van der Waals surface area contributed by atoms with Gasteiger partial charge < -0.3 is 50.3 Å². The van der Waals surface area contributed by atoms with Gasteiger partial charge >= 0.3 is 11.9 Å². The number of hydrogen-bond acceptors (Lipinski definition) is 11. The first kappa shape index (κ1) is 43.6. The standard InChI is InChI=1S/C46H49ClN4O9/c1-27-31(26-59-44-18-43(58-25-29-12-34(48-3)21-49-19-29)33(15-41(44)47)20-50-22-35(52)16-45(54)55)6-4-8-39(27)40-9-5-7-38(28(40)2)30-10-11-42-32(13-30)14-37(60-42)24-51-23-36(53)17-46(56)57/h4-15,18-19,21,35-36,48,50-53H,16-17,20,22-26H2,1-3H3,(H,54,55)(H,56,57)/t35-,36-/m0/s1. The molecule has 0 bridgehead atoms. The Morgan fingerprint density at radius 2 is 1.42 bits per heavy atom. The van der Waals surface area contributed by atoms with Crippen molar-refractivity contribution in [1.29, 1.82) is 0 Å². The van der Waals surface area contributed by atoms with Crippen molar-refractivity contribution in [3.63, 3.8) is 0 Å². The molecular formula is C46H49ClN4O9. The first-order valence-electron chi connectivity index (χ1n) is 19.5. The van der Waals surface area contributed by atoms with Crippen LogP contribution >= 0.6 is 11.6 Å². The van der Waals surface area contributed by atoms with Crippen LogP contribution in [0.4, 0.5) is 5.69 Å². The summed E-state index contributed by atoms with van der Waals surface area (Å²) in [5, 5.41) is 48.4. The number of fused-ring (bicyclic) bond motifs is 1. The molecular weight excluding hydrogens is 788 g/mol. The van der Waals surface area contributed by atoms with E-state index in [1.807, 2.05) is 49.5 Å². The summed E-state index contributed by atoms with van der Waals surface area (Å²) in [5.74, 6) is -0.513. The van der Waals surface area contributed by atoms with Gasteiger partial charge in [-0.25, -0.2) is 0 Å². The zero-order valence-electron chi connectivity index (χ0n) is 33.6. The molecule has 6 aromatic rings. The molecule has 0 radical (unpaired) electrons. The lowest BCUT2D eigenvalue weighted by atomic mass is 9.89. The first-order valence-corrected chi connectivity index (χ1v) is 19.9. The van der Waals surface area contributed by atoms with Crippen molar-refractivity contribution in [2.75, 3.05) is 25.5 Å². The number of carbonyl (C=O) groups is 2. The Morgan fingerprint density at radius 1 is 0.750 bits per heavy atom. The average molecular weight is 837 g/mol. The summed E-state index contributed by atoms with van der Waals surface area (Å²) >= 11 is 6.79. The van der Waals surface area contributed by atoms with Crippen LogP contribution in [0.15, 0.2) is 95.7 Å². The number of nitrogens with one attached hydrogen (secondary N) is 3. The van der Waals surface area contributed by atoms with Crippen LogP contribution in [-0.2, 0) is 35.9 Å². The number of aliphatic hydroxyl groups is 2. The van der Waals surface area contributed by atoms with Crippen molar-refractivity contribution < 1.29 is 43.9 Å². The molecule has 7 N–H and O–H groups in total. The second kappa shape index (κ2) is 20.3. The lowest BCUT2D eigenvalue weighted by Gasteiger charge is -2.18. The minimum Gasteiger partial charge on any atom is -0.488 e. The van der Waals surface area contributed by atoms with Gasteiger partial charge in [-0.3, -0.25) is 14.6 Å². The van der Waals surface area contributed by atoms with E-state index in [0.717, 1.165) is 61.2 Å². The highest BCUT2D eigenvalue weighted by Gasteiger charge is 2.17. The maximum atomic E-state index is 11.0. The summed E-state index contributed by atoms with van der Waals surface area (Å²) in [6, 6.07) is 25.8. The summed E-state index contributed by atoms with van der Waals surface area (Å²) < 4.78 is 18.7. The molecule has 2 atom stereocenters. The van der Waals surface area contributed by atoms with Crippen LogP contribution in [0.25, 0.3) is 33.2 Å². The second-order valence-corrected chi connectivity index (χ2v) is 15.0. The van der Waals surface area contributed by atoms with Crippen LogP contribution in [0, 0.1) is 13.8 Å². The maximum absolute atomic E-state index is 11.0. The Balaban J connectivity index is 1.19. The van der Waals surface area contributed by atoms with E-state index in [4.69, 9.17) is 35.7 Å². The van der Waals surface area contributed by atoms with E-state index < -0.39 is 24.1 Å². The van der Waals surface area contributed by atoms with Gasteiger partial charge in [0, 0.05) is 61.7 Å². The number of furan rings is 1. The number of carboxylic acid groups (broad SMARTS) is 2. The third-order valence-electron chi connectivity index (χ3n) is 10.1. The molecule has 13 nitrogen and oxygen atoms in total. The quantitative estimate of drug-likeness (QED) is 0.0377. The molecule has 0 unspecified atom stereocenters. The minimum absolute atomic E-state index is 0.0685. The highest BCUT2D eigenvalue weighted by atomic mass is 35.5. The number of rotatable bonds is 21. The highest BCUT2D eigenvalue weighted by Crippen LogP contribution is 2.37. The number of anilines is 1. The van der Waals surface area contributed by atoms with Crippen molar-refractivity contribution in [2.24, 2.45) is 0 Å². The predicted molar refractivity (Wildman–Crippen MR) is 230 cm³/mol. The van der Waals surface area contributed by atoms with Crippen LogP contribution in [0.2, 0.25) is 5.02 Å². The van der Waals surface area contributed by atoms with Gasteiger partial charge in [-0.15, -0.1) is 0 Å². The fourth-order valence-corrected chi connectivity index (χ4v) is 7.23. The number of aromatic nitrogens is 1. The number of aliphatic hydroxyl groups excluding tert-OH is 2. The number of benzene rings is 4. The van der Waals surface area contributed by atoms with E-state index >= 15 is 0 Å². The minimum atomic E-state index is -1.08. The summed E-state index contributed by atoms with van der Waals surface area (Å²) in [4.78, 5) is 26.1. The summed E-state index contributed by atoms with van der Waals surface area (Å²) in [6.07, 6.45) is 0.701. The van der Waals surface area contributed by atoms with Gasteiger partial charge in [0.05, 0.1) is 42.3 Å². The number of hydrogen-bond donors (Lipinski definition) is 7. The lowest BCUT2D eigenvalue weighted by molar-refractivity contribution is -0.140. The summed E-state index contributed by atoms with van der Waals surface area (Å²) in [6.45, 7) is 5.46. The van der Waals surface area contributed by atoms with Crippen LogP contribution in [-0.4, -0.2) is 69.7 Å². The van der Waals surface area contributed by atoms with Gasteiger partial charge in [0.1, 0.15) is 36.1 Å². The van der Waals surface area contributed by atoms with E-state index in [2.05, 4.69) is 59.0 Å². The van der Waals surface area contributed by atoms with Crippen molar-refractivity contribution in [3.8, 4) is 33.8 Å². The van der Waals surface area contributed by atoms with Gasteiger partial charge in [0.15, 0.2) is 0 Å². The van der Waals surface area contributed by atoms with Crippen molar-refractivity contribution >= 4 is 40.2 Å². The molecule has 2 heterocycles. The molecule has 314 valence electrons. The van der Waals surface area contributed by atoms with Crippen molar-refractivity contribution in [2.45, 2.75) is 65.2 Å². The van der Waals surface area contributed by atoms with Crippen molar-refractivity contribution in [1.82, 2.24) is 15.6 Å². The Kier molecular flexibility index (Phi) is 14.8. The predicted octanol–water partition coefficient (Wildman–Crippen LogP) is 7.48. The van der Waals surface area contributed by atoms with E-state index in [-0.39, 0.29) is 45.7 Å². The fraction of sp³-hybridized carbons (Fsp3) is 0.283. The second-order valence-electron chi connectivity index (χ2n) is 14.6. The number of pyridine rings is 1. The number of ether oxygens (including phenoxy) is 2. The van der Waals surface area contributed by atoms with Gasteiger partial charge in [-0.05, 0) is 83.1 Å². The van der Waals surface area contributed by atoms with Crippen LogP contribution in [0.5, 0.6) is 11.5 Å². The molecule has 60 heavy (non-hydrogen) atoms. The molecule has 0 aliphatic rings. The molecule has 0 aliphatic heterocycles. The molecule has 6 rings (SSSR count). The summed E-state index contributed by atoms with van der Waals surface area (Å²) in [5.41, 5.74) is 10.5. The molecule has 14 heteroatoms. The molecule has 0 saturated carbocycles. The van der Waals surface area contributed by atoms with E-state index in [9.17, 15) is 19.8 Å². The number of aliphatic carboxylic acids is 2. The normalized spacial score (nSPS) is 12.3. The Labute approximate surface area is 353 Å². The molecule has 0 spiro atoms. The van der Waals surface area contributed by atoms with Crippen molar-refractivity contribution in [3.05, 3.63) is 130 Å². The third kappa shape index (κ3) is 11.4. The maximum Gasteiger partial charge on any atom is 0.306 e. The van der Waals surface area contributed by atoms with Crippen LogP contribution < -0.4 is 25.4 Å². The van der Waals surface area contributed by atoms with Gasteiger partial charge in [-0.2, -0.15) is 0 Å². The fourth-order valence-electron chi connectivity index (χ4n) is 6.99. The lowest BCUT2D eigenvalue weighted by Crippen LogP contribution is -2.28. The highest BCUT2D eigenvalue weighted by molar-refractivity contribution is 6.32. The molecule has 0 fully saturated rings. The third-order valence-corrected chi connectivity index (χ3v) is 10.4. The number of halogens is 1. The Hall–Kier alpha value is -5.96. The van der Waals surface area contributed by atoms with E-state index in [1.54, 1.807) is 24.5 Å². The molecule has 0 aliphatic carbocycles. The summed E-state index contributed by atoms with van der Waals surface area (Å²) in [7, 11) is 1.81. The zero-order chi connectivity index (χ0) is 42.8. The topological polar surface area (TPSA) is 196 Å². The molecule has 4 aromatic carbocycles. The molecule has 0 saturated heterocycles. The number of carboxylic acids is 2. The monoisotopic (exact) mass is 836 g/mol. The van der Waals surface area contributed by atoms with Crippen LogP contribution in [0.1, 0.15) is 46.4 Å². The zero-order valence-corrected chi connectivity index (χ0v) is 34.4. The largest absolute Gasteiger partial charge is 0.488 e. The smallest absolute Gasteiger partial charge is 0.306 e. The Morgan fingerprint density at radius 3 is 2.13 bits per heavy atom. The molecule has 0 amide bonds. The Bertz CT molecular complexity index is 2450. The van der Waals surface area contributed by atoms with Crippen LogP contribution in [0.3, 0.4) is 0 Å². The van der Waals surface area contributed by atoms with E-state index in [0.29, 0.717) is 34.4 Å². The first-order chi connectivity index (χ1) is 28.9. The van der Waals surface area contributed by atoms with Gasteiger partial charge in [0.2, 0.25) is 0 Å². The van der Waals surface area contributed by atoms with E-state index in [1.165, 1.54) is 0 Å².